The molecule has 0 N–H and O–H groups in total. The highest BCUT2D eigenvalue weighted by atomic mass is 79.9. The average Bonchev–Trinajstić information content (AvgIpc) is 2.42. The number of hydrogen-bond donors (Lipinski definition) is 0. The third-order valence-corrected chi connectivity index (χ3v) is 4.35. The normalized spacial score (nSPS) is 22.2. The van der Waals surface area contributed by atoms with Crippen molar-refractivity contribution in [2.45, 2.75) is 44.5 Å². The van der Waals surface area contributed by atoms with E-state index in [-0.39, 0.29) is 6.42 Å². The summed E-state index contributed by atoms with van der Waals surface area (Å²) >= 11 is 3.36. The summed E-state index contributed by atoms with van der Waals surface area (Å²) in [6.07, 6.45) is -0.418. The van der Waals surface area contributed by atoms with Crippen molar-refractivity contribution in [2.24, 2.45) is 0 Å². The van der Waals surface area contributed by atoms with E-state index in [1.807, 2.05) is 24.3 Å². The molecule has 1 atom stereocenters. The minimum atomic E-state index is -0.925. The van der Waals surface area contributed by atoms with E-state index < -0.39 is 28.8 Å². The maximum absolute atomic E-state index is 12.9. The molecule has 0 bridgehead atoms. The number of nitrogens with zero attached hydrogens (tertiary/aromatic N) is 1. The highest BCUT2D eigenvalue weighted by Crippen LogP contribution is 2.34. The van der Waals surface area contributed by atoms with Gasteiger partial charge in [0, 0.05) is 16.2 Å². The van der Waals surface area contributed by atoms with Crippen LogP contribution < -0.4 is 0 Å². The van der Waals surface area contributed by atoms with Crippen molar-refractivity contribution >= 4 is 41.7 Å². The molecule has 1 fully saturated rings. The lowest BCUT2D eigenvalue weighted by atomic mass is 9.59. The summed E-state index contributed by atoms with van der Waals surface area (Å²) in [5.74, 6) is -1.05. The summed E-state index contributed by atoms with van der Waals surface area (Å²) in [6, 6.07) is 7.32. The fraction of sp³-hybridized carbons (Fsp3) is 0.438. The van der Waals surface area contributed by atoms with Crippen LogP contribution in [-0.2, 0) is 19.6 Å². The Bertz CT molecular complexity index is 653. The monoisotopic (exact) mass is 379 g/mol. The number of piperidine rings is 1. The molecule has 1 aromatic carbocycles. The number of benzene rings is 1. The maximum Gasteiger partial charge on any atom is 0.424 e. The minimum absolute atomic E-state index is 0.123. The lowest BCUT2D eigenvalue weighted by molar-refractivity contribution is -0.149. The van der Waals surface area contributed by atoms with E-state index in [1.54, 1.807) is 28.6 Å². The molecule has 1 unspecified atom stereocenters. The van der Waals surface area contributed by atoms with Crippen molar-refractivity contribution < 1.29 is 19.1 Å². The fourth-order valence-corrected chi connectivity index (χ4v) is 2.78. The zero-order chi connectivity index (χ0) is 17.4. The second-order valence-electron chi connectivity index (χ2n) is 6.85. The van der Waals surface area contributed by atoms with Crippen LogP contribution in [0.1, 0.15) is 39.2 Å². The van der Waals surface area contributed by atoms with Crippen molar-refractivity contribution in [2.75, 3.05) is 0 Å². The van der Waals surface area contributed by atoms with Gasteiger partial charge in [0.05, 0.1) is 0 Å². The van der Waals surface area contributed by atoms with E-state index in [0.717, 1.165) is 10.0 Å². The van der Waals surface area contributed by atoms with Crippen molar-refractivity contribution in [3.8, 4) is 0 Å². The molecular weight excluding hydrogens is 361 g/mol. The smallest absolute Gasteiger partial charge is 0.424 e. The molecule has 3 amide bonds. The molecule has 0 spiro atoms. The molecule has 1 aromatic rings. The van der Waals surface area contributed by atoms with Crippen molar-refractivity contribution in [1.29, 1.82) is 0 Å². The Morgan fingerprint density at radius 3 is 2.35 bits per heavy atom. The van der Waals surface area contributed by atoms with Gasteiger partial charge >= 0.3 is 6.09 Å². The second kappa shape index (κ2) is 6.11. The quantitative estimate of drug-likeness (QED) is 0.555. The first-order chi connectivity index (χ1) is 10.5. The molecule has 122 valence electrons. The van der Waals surface area contributed by atoms with Gasteiger partial charge in [0.15, 0.2) is 0 Å². The number of imide groups is 3. The summed E-state index contributed by atoms with van der Waals surface area (Å²) in [4.78, 5) is 37.9. The van der Waals surface area contributed by atoms with Crippen molar-refractivity contribution in [3.63, 3.8) is 0 Å². The Kier molecular flexibility index (Phi) is 4.71. The number of carbonyl (C=O) groups is 3. The van der Waals surface area contributed by atoms with Gasteiger partial charge in [0.1, 0.15) is 13.4 Å². The van der Waals surface area contributed by atoms with E-state index in [1.165, 1.54) is 0 Å². The molecule has 1 aliphatic heterocycles. The number of carbonyl (C=O) groups excluding carboxylic acids is 3. The molecule has 1 saturated heterocycles. The topological polar surface area (TPSA) is 63.7 Å². The van der Waals surface area contributed by atoms with Gasteiger partial charge in [-0.2, -0.15) is 4.90 Å². The third-order valence-electron chi connectivity index (χ3n) is 3.82. The van der Waals surface area contributed by atoms with Crippen LogP contribution in [0, 0.1) is 0 Å². The van der Waals surface area contributed by atoms with Crippen molar-refractivity contribution in [1.82, 2.24) is 4.90 Å². The highest BCUT2D eigenvalue weighted by molar-refractivity contribution is 9.10. The molecule has 0 radical (unpaired) electrons. The van der Waals surface area contributed by atoms with Crippen LogP contribution in [0.2, 0.25) is 0 Å². The van der Waals surface area contributed by atoms with Gasteiger partial charge in [-0.05, 0) is 44.9 Å². The zero-order valence-corrected chi connectivity index (χ0v) is 15.3. The van der Waals surface area contributed by atoms with Crippen LogP contribution in [-0.4, -0.2) is 36.3 Å². The molecule has 0 saturated carbocycles. The first kappa shape index (κ1) is 17.7. The number of halogens is 1. The molecule has 0 aromatic heterocycles. The van der Waals surface area contributed by atoms with E-state index >= 15 is 0 Å². The molecule has 23 heavy (non-hydrogen) atoms. The van der Waals surface area contributed by atoms with E-state index in [0.29, 0.717) is 11.3 Å². The Morgan fingerprint density at radius 1 is 1.26 bits per heavy atom. The summed E-state index contributed by atoms with van der Waals surface area (Å²) in [5, 5.41) is -0.925. The summed E-state index contributed by atoms with van der Waals surface area (Å²) < 4.78 is 6.10. The van der Waals surface area contributed by atoms with Gasteiger partial charge in [0.2, 0.25) is 11.8 Å². The molecule has 5 nitrogen and oxygen atoms in total. The SMILES string of the molecule is BC1(c2ccc(Br)cc2)CCC(=O)N(C(=O)OC(C)(C)C)C1=O. The Balaban J connectivity index is 2.35. The highest BCUT2D eigenvalue weighted by Gasteiger charge is 2.48. The predicted octanol–water partition coefficient (Wildman–Crippen LogP) is 2.36. The standard InChI is InChI=1S/C16H19BBrNO4/c1-15(2,3)23-14(22)19-12(20)8-9-16(17,13(19)21)10-4-6-11(18)7-5-10/h4-7H,8-9,17H2,1-3H3. The minimum Gasteiger partial charge on any atom is -0.443 e. The van der Waals surface area contributed by atoms with Crippen LogP contribution in [0.5, 0.6) is 0 Å². The molecule has 2 rings (SSSR count). The molecule has 1 aliphatic rings. The van der Waals surface area contributed by atoms with Gasteiger partial charge in [0.25, 0.3) is 0 Å². The zero-order valence-electron chi connectivity index (χ0n) is 13.7. The lowest BCUT2D eigenvalue weighted by Gasteiger charge is -2.38. The number of amides is 3. The average molecular weight is 380 g/mol. The van der Waals surface area contributed by atoms with Crippen LogP contribution in [0.3, 0.4) is 0 Å². The number of hydrogen-bond acceptors (Lipinski definition) is 4. The van der Waals surface area contributed by atoms with E-state index in [4.69, 9.17) is 4.74 Å². The molecule has 1 heterocycles. The van der Waals surface area contributed by atoms with E-state index in [2.05, 4.69) is 15.9 Å². The molecule has 0 aliphatic carbocycles. The molecule has 7 heteroatoms. The van der Waals surface area contributed by atoms with Crippen LogP contribution in [0.15, 0.2) is 28.7 Å². The molecular formula is C16H19BBrNO4. The van der Waals surface area contributed by atoms with Gasteiger partial charge in [-0.15, -0.1) is 0 Å². The number of likely N-dealkylation sites (tertiary alicyclic amines) is 1. The van der Waals surface area contributed by atoms with Crippen molar-refractivity contribution in [3.05, 3.63) is 34.3 Å². The predicted molar refractivity (Wildman–Crippen MR) is 91.7 cm³/mol. The Morgan fingerprint density at radius 2 is 1.83 bits per heavy atom. The first-order valence-corrected chi connectivity index (χ1v) is 8.20. The van der Waals surface area contributed by atoms with E-state index in [9.17, 15) is 14.4 Å². The first-order valence-electron chi connectivity index (χ1n) is 7.41. The summed E-state index contributed by atoms with van der Waals surface area (Å²) in [6.45, 7) is 5.08. The van der Waals surface area contributed by atoms with Gasteiger partial charge in [-0.3, -0.25) is 9.59 Å². The maximum atomic E-state index is 12.9. The summed E-state index contributed by atoms with van der Waals surface area (Å²) in [7, 11) is 1.75. The largest absolute Gasteiger partial charge is 0.443 e. The number of rotatable bonds is 1. The summed E-state index contributed by atoms with van der Waals surface area (Å²) in [5.41, 5.74) is -0.00455. The second-order valence-corrected chi connectivity index (χ2v) is 7.77. The van der Waals surface area contributed by atoms with Gasteiger partial charge < -0.3 is 4.74 Å². The fourth-order valence-electron chi connectivity index (χ4n) is 2.51. The van der Waals surface area contributed by atoms with Crippen LogP contribution in [0.25, 0.3) is 0 Å². The van der Waals surface area contributed by atoms with Gasteiger partial charge in [-0.1, -0.05) is 28.1 Å². The Labute approximate surface area is 144 Å². The third kappa shape index (κ3) is 3.66. The Hall–Kier alpha value is -1.63. The van der Waals surface area contributed by atoms with Crippen LogP contribution in [0.4, 0.5) is 4.79 Å². The van der Waals surface area contributed by atoms with Gasteiger partial charge in [-0.25, -0.2) is 4.79 Å². The lowest BCUT2D eigenvalue weighted by Crippen LogP contribution is -2.57. The van der Waals surface area contributed by atoms with Crippen LogP contribution >= 0.6 is 15.9 Å². The number of ether oxygens (including phenoxy) is 1.